The number of hydrogen-bond donors (Lipinski definition) is 1. The molecule has 0 heterocycles. The first kappa shape index (κ1) is 30.3. The molecule has 0 unspecified atom stereocenters. The van der Waals surface area contributed by atoms with Gasteiger partial charge >= 0.3 is 0 Å². The Bertz CT molecular complexity index is 1420. The standard InChI is InChI=1S/C33H41N3O4S/c1-4-27-19-21-30(22-20-27)36(41(39,40)31-17-9-6-10-18-31)24-32(37)35(23-28-14-12-11-13-25(28)2)26(3)33(38)34-29-15-7-5-8-16-29/h6,9-14,17-22,26,29H,4-5,7-8,15-16,23-24H2,1-3H3,(H,34,38)/t26-/m0/s1. The Kier molecular flexibility index (Phi) is 10.2. The Labute approximate surface area is 244 Å². The van der Waals surface area contributed by atoms with Gasteiger partial charge in [0.25, 0.3) is 10.0 Å². The topological polar surface area (TPSA) is 86.8 Å². The Morgan fingerprint density at radius 3 is 2.17 bits per heavy atom. The molecule has 1 aliphatic rings. The van der Waals surface area contributed by atoms with Gasteiger partial charge in [0.15, 0.2) is 0 Å². The molecular formula is C33H41N3O4S. The van der Waals surface area contributed by atoms with E-state index in [0.29, 0.717) is 5.69 Å². The quantitative estimate of drug-likeness (QED) is 0.322. The van der Waals surface area contributed by atoms with E-state index in [1.807, 2.05) is 50.2 Å². The van der Waals surface area contributed by atoms with Crippen LogP contribution < -0.4 is 9.62 Å². The average molecular weight is 576 g/mol. The zero-order valence-electron chi connectivity index (χ0n) is 24.3. The van der Waals surface area contributed by atoms with Crippen molar-refractivity contribution in [3.05, 3.63) is 95.6 Å². The van der Waals surface area contributed by atoms with Crippen molar-refractivity contribution in [3.63, 3.8) is 0 Å². The molecule has 4 rings (SSSR count). The third-order valence-corrected chi connectivity index (χ3v) is 9.75. The van der Waals surface area contributed by atoms with Crippen molar-refractivity contribution in [2.45, 2.75) is 82.8 Å². The number of nitrogens with one attached hydrogen (secondary N) is 1. The van der Waals surface area contributed by atoms with Crippen LogP contribution in [-0.2, 0) is 32.6 Å². The van der Waals surface area contributed by atoms with Crippen molar-refractivity contribution in [2.75, 3.05) is 10.8 Å². The van der Waals surface area contributed by atoms with Crippen molar-refractivity contribution in [2.24, 2.45) is 0 Å². The highest BCUT2D eigenvalue weighted by Crippen LogP contribution is 2.26. The second-order valence-electron chi connectivity index (χ2n) is 10.8. The Morgan fingerprint density at radius 1 is 0.902 bits per heavy atom. The van der Waals surface area contributed by atoms with E-state index in [1.165, 1.54) is 23.5 Å². The van der Waals surface area contributed by atoms with Gasteiger partial charge in [0.2, 0.25) is 11.8 Å². The summed E-state index contributed by atoms with van der Waals surface area (Å²) in [5.74, 6) is -0.665. The first-order chi connectivity index (χ1) is 19.7. The summed E-state index contributed by atoms with van der Waals surface area (Å²) in [6.45, 7) is 5.47. The lowest BCUT2D eigenvalue weighted by Crippen LogP contribution is -2.53. The Balaban J connectivity index is 1.67. The molecule has 1 aliphatic carbocycles. The molecule has 0 radical (unpaired) electrons. The Morgan fingerprint density at radius 2 is 1.54 bits per heavy atom. The number of benzene rings is 3. The molecule has 8 heteroatoms. The van der Waals surface area contributed by atoms with Crippen molar-refractivity contribution in [1.29, 1.82) is 0 Å². The summed E-state index contributed by atoms with van der Waals surface area (Å²) in [7, 11) is -4.07. The highest BCUT2D eigenvalue weighted by atomic mass is 32.2. The smallest absolute Gasteiger partial charge is 0.264 e. The SMILES string of the molecule is CCc1ccc(N(CC(=O)N(Cc2ccccc2C)[C@@H](C)C(=O)NC2CCCCC2)S(=O)(=O)c2ccccc2)cc1. The third kappa shape index (κ3) is 7.55. The number of sulfonamides is 1. The number of carbonyl (C=O) groups is 2. The maximum Gasteiger partial charge on any atom is 0.264 e. The van der Waals surface area contributed by atoms with E-state index < -0.39 is 28.5 Å². The molecule has 1 fully saturated rings. The second-order valence-corrected chi connectivity index (χ2v) is 12.7. The number of aryl methyl sites for hydroxylation is 2. The highest BCUT2D eigenvalue weighted by Gasteiger charge is 2.33. The maximum absolute atomic E-state index is 14.1. The minimum Gasteiger partial charge on any atom is -0.352 e. The van der Waals surface area contributed by atoms with E-state index in [4.69, 9.17) is 0 Å². The average Bonchev–Trinajstić information content (AvgIpc) is 3.00. The number of rotatable bonds is 11. The van der Waals surface area contributed by atoms with Crippen LogP contribution in [0.5, 0.6) is 0 Å². The molecule has 3 aromatic rings. The van der Waals surface area contributed by atoms with Gasteiger partial charge in [-0.15, -0.1) is 0 Å². The van der Waals surface area contributed by atoms with Crippen LogP contribution in [0.4, 0.5) is 5.69 Å². The minimum atomic E-state index is -4.07. The highest BCUT2D eigenvalue weighted by molar-refractivity contribution is 7.92. The van der Waals surface area contributed by atoms with Gasteiger partial charge in [-0.05, 0) is 74.1 Å². The molecule has 41 heavy (non-hydrogen) atoms. The van der Waals surface area contributed by atoms with Gasteiger partial charge in [0.05, 0.1) is 10.6 Å². The predicted molar refractivity (Wildman–Crippen MR) is 163 cm³/mol. The first-order valence-corrected chi connectivity index (χ1v) is 16.0. The summed E-state index contributed by atoms with van der Waals surface area (Å²) >= 11 is 0. The lowest BCUT2D eigenvalue weighted by Gasteiger charge is -2.33. The van der Waals surface area contributed by atoms with E-state index in [1.54, 1.807) is 37.3 Å². The van der Waals surface area contributed by atoms with E-state index >= 15 is 0 Å². The van der Waals surface area contributed by atoms with Crippen molar-refractivity contribution >= 4 is 27.5 Å². The third-order valence-electron chi connectivity index (χ3n) is 7.96. The van der Waals surface area contributed by atoms with Gasteiger partial charge in [-0.3, -0.25) is 13.9 Å². The molecule has 0 spiro atoms. The summed E-state index contributed by atoms with van der Waals surface area (Å²) in [4.78, 5) is 29.2. The number of nitrogens with zero attached hydrogens (tertiary/aromatic N) is 2. The monoisotopic (exact) mass is 575 g/mol. The largest absolute Gasteiger partial charge is 0.352 e. The lowest BCUT2D eigenvalue weighted by molar-refractivity contribution is -0.139. The fraction of sp³-hybridized carbons (Fsp3) is 0.394. The maximum atomic E-state index is 14.1. The van der Waals surface area contributed by atoms with E-state index in [-0.39, 0.29) is 23.4 Å². The summed E-state index contributed by atoms with van der Waals surface area (Å²) in [5.41, 5.74) is 3.36. The van der Waals surface area contributed by atoms with Crippen LogP contribution in [0.25, 0.3) is 0 Å². The van der Waals surface area contributed by atoms with Crippen molar-refractivity contribution in [3.8, 4) is 0 Å². The molecule has 1 saturated carbocycles. The summed E-state index contributed by atoms with van der Waals surface area (Å²) < 4.78 is 29.0. The summed E-state index contributed by atoms with van der Waals surface area (Å²) in [6, 6.07) is 22.4. The molecule has 0 bridgehead atoms. The molecule has 0 saturated heterocycles. The number of amides is 2. The zero-order valence-corrected chi connectivity index (χ0v) is 25.1. The van der Waals surface area contributed by atoms with E-state index in [0.717, 1.165) is 53.1 Å². The minimum absolute atomic E-state index is 0.0981. The summed E-state index contributed by atoms with van der Waals surface area (Å²) in [5, 5.41) is 3.14. The van der Waals surface area contributed by atoms with Gasteiger partial charge in [0.1, 0.15) is 12.6 Å². The zero-order chi connectivity index (χ0) is 29.4. The summed E-state index contributed by atoms with van der Waals surface area (Å²) in [6.07, 6.45) is 6.00. The van der Waals surface area contributed by atoms with Crippen LogP contribution >= 0.6 is 0 Å². The van der Waals surface area contributed by atoms with Crippen LogP contribution in [0.2, 0.25) is 0 Å². The number of carbonyl (C=O) groups excluding carboxylic acids is 2. The van der Waals surface area contributed by atoms with Gasteiger partial charge in [-0.2, -0.15) is 0 Å². The first-order valence-electron chi connectivity index (χ1n) is 14.5. The molecule has 218 valence electrons. The number of hydrogen-bond acceptors (Lipinski definition) is 4. The van der Waals surface area contributed by atoms with Gasteiger partial charge in [-0.25, -0.2) is 8.42 Å². The normalized spacial score (nSPS) is 14.7. The fourth-order valence-corrected chi connectivity index (χ4v) is 6.70. The lowest BCUT2D eigenvalue weighted by atomic mass is 9.95. The van der Waals surface area contributed by atoms with Gasteiger partial charge in [-0.1, -0.05) is 80.8 Å². The van der Waals surface area contributed by atoms with Crippen LogP contribution in [0, 0.1) is 6.92 Å². The fourth-order valence-electron chi connectivity index (χ4n) is 5.27. The van der Waals surface area contributed by atoms with Gasteiger partial charge in [0, 0.05) is 12.6 Å². The molecule has 1 atom stereocenters. The number of anilines is 1. The van der Waals surface area contributed by atoms with Gasteiger partial charge < -0.3 is 10.2 Å². The van der Waals surface area contributed by atoms with Crippen molar-refractivity contribution < 1.29 is 18.0 Å². The predicted octanol–water partition coefficient (Wildman–Crippen LogP) is 5.62. The van der Waals surface area contributed by atoms with Crippen LogP contribution in [0.3, 0.4) is 0 Å². The van der Waals surface area contributed by atoms with Crippen LogP contribution in [-0.4, -0.2) is 43.8 Å². The molecule has 2 amide bonds. The molecule has 0 aliphatic heterocycles. The van der Waals surface area contributed by atoms with E-state index in [2.05, 4.69) is 5.32 Å². The molecule has 3 aromatic carbocycles. The van der Waals surface area contributed by atoms with Crippen LogP contribution in [0.1, 0.15) is 62.6 Å². The van der Waals surface area contributed by atoms with E-state index in [9.17, 15) is 18.0 Å². The second kappa shape index (κ2) is 13.8. The Hall–Kier alpha value is -3.65. The molecule has 7 nitrogen and oxygen atoms in total. The molecule has 0 aromatic heterocycles. The molecule has 1 N–H and O–H groups in total. The molecular weight excluding hydrogens is 534 g/mol. The van der Waals surface area contributed by atoms with Crippen LogP contribution in [0.15, 0.2) is 83.8 Å². The van der Waals surface area contributed by atoms with Crippen molar-refractivity contribution in [1.82, 2.24) is 10.2 Å².